The zero-order valence-corrected chi connectivity index (χ0v) is 12.4. The fraction of sp³-hybridized carbons (Fsp3) is 0.214. The molecule has 1 amide bonds. The lowest BCUT2D eigenvalue weighted by molar-refractivity contribution is -0.137. The van der Waals surface area contributed by atoms with Gasteiger partial charge in [-0.15, -0.1) is 0 Å². The largest absolute Gasteiger partial charge is 0.494 e. The summed E-state index contributed by atoms with van der Waals surface area (Å²) >= 11 is 1.33. The first-order chi connectivity index (χ1) is 10.1. The van der Waals surface area contributed by atoms with Gasteiger partial charge in [-0.2, -0.15) is 0 Å². The number of rotatable bonds is 5. The van der Waals surface area contributed by atoms with E-state index in [4.69, 9.17) is 4.74 Å². The third kappa shape index (κ3) is 3.79. The number of esters is 1. The minimum atomic E-state index is -0.557. The lowest BCUT2D eigenvalue weighted by atomic mass is 10.3. The zero-order chi connectivity index (χ0) is 15.2. The van der Waals surface area contributed by atoms with Crippen LogP contribution in [-0.4, -0.2) is 30.6 Å². The number of nitrogens with one attached hydrogen (secondary N) is 1. The van der Waals surface area contributed by atoms with Crippen LogP contribution < -0.4 is 10.1 Å². The lowest BCUT2D eigenvalue weighted by Gasteiger charge is -1.98. The predicted molar refractivity (Wildman–Crippen MR) is 80.6 cm³/mol. The van der Waals surface area contributed by atoms with E-state index < -0.39 is 11.9 Å². The maximum absolute atomic E-state index is 11.7. The molecule has 0 radical (unpaired) electrons. The van der Waals surface area contributed by atoms with Gasteiger partial charge in [0.2, 0.25) is 5.91 Å². The molecule has 0 atom stereocenters. The summed E-state index contributed by atoms with van der Waals surface area (Å²) in [5, 5.41) is 3.04. The van der Waals surface area contributed by atoms with Crippen molar-refractivity contribution in [2.75, 3.05) is 19.0 Å². The van der Waals surface area contributed by atoms with E-state index in [0.29, 0.717) is 16.4 Å². The van der Waals surface area contributed by atoms with Gasteiger partial charge in [0.1, 0.15) is 11.3 Å². The van der Waals surface area contributed by atoms with Crippen molar-refractivity contribution in [2.45, 2.75) is 6.92 Å². The summed E-state index contributed by atoms with van der Waals surface area (Å²) in [5.74, 6) is -0.356. The summed E-state index contributed by atoms with van der Waals surface area (Å²) in [6.45, 7) is 1.96. The number of methoxy groups -OCH3 is 1. The van der Waals surface area contributed by atoms with Crippen molar-refractivity contribution in [3.63, 3.8) is 0 Å². The second-order valence-corrected chi connectivity index (χ2v) is 4.93. The second-order valence-electron chi connectivity index (χ2n) is 3.90. The van der Waals surface area contributed by atoms with E-state index in [2.05, 4.69) is 15.0 Å². The predicted octanol–water partition coefficient (Wildman–Crippen LogP) is 2.36. The van der Waals surface area contributed by atoms with E-state index in [1.54, 1.807) is 20.1 Å². The highest BCUT2D eigenvalue weighted by atomic mass is 32.1. The van der Waals surface area contributed by atoms with Crippen LogP contribution in [0.15, 0.2) is 30.4 Å². The number of para-hydroxylation sites is 1. The molecular formula is C14H14N2O4S. The number of hydrogen-bond donors (Lipinski definition) is 1. The summed E-state index contributed by atoms with van der Waals surface area (Å²) in [6, 6.07) is 5.54. The van der Waals surface area contributed by atoms with Crippen molar-refractivity contribution in [3.8, 4) is 5.75 Å². The van der Waals surface area contributed by atoms with Crippen molar-refractivity contribution in [3.05, 3.63) is 30.4 Å². The molecule has 1 N–H and O–H groups in total. The van der Waals surface area contributed by atoms with Crippen LogP contribution in [0, 0.1) is 0 Å². The average Bonchev–Trinajstić information content (AvgIpc) is 2.87. The van der Waals surface area contributed by atoms with E-state index in [-0.39, 0.29) is 6.61 Å². The molecule has 0 unspecified atom stereocenters. The Labute approximate surface area is 125 Å². The topological polar surface area (TPSA) is 77.5 Å². The fourth-order valence-electron chi connectivity index (χ4n) is 1.62. The van der Waals surface area contributed by atoms with E-state index in [1.165, 1.54) is 11.3 Å². The Hall–Kier alpha value is -2.41. The third-order valence-corrected chi connectivity index (χ3v) is 3.43. The van der Waals surface area contributed by atoms with Gasteiger partial charge >= 0.3 is 5.97 Å². The van der Waals surface area contributed by atoms with Gasteiger partial charge in [0.15, 0.2) is 5.13 Å². The minimum Gasteiger partial charge on any atom is -0.494 e. The normalized spacial score (nSPS) is 10.8. The van der Waals surface area contributed by atoms with Crippen LogP contribution in [-0.2, 0) is 14.3 Å². The van der Waals surface area contributed by atoms with Gasteiger partial charge in [-0.25, -0.2) is 9.78 Å². The van der Waals surface area contributed by atoms with Gasteiger partial charge in [-0.1, -0.05) is 17.4 Å². The van der Waals surface area contributed by atoms with E-state index in [9.17, 15) is 9.59 Å². The number of fused-ring (bicyclic) bond motifs is 1. The molecule has 0 bridgehead atoms. The molecule has 0 saturated carbocycles. The van der Waals surface area contributed by atoms with Crippen LogP contribution >= 0.6 is 11.3 Å². The lowest BCUT2D eigenvalue weighted by Crippen LogP contribution is -2.09. The Morgan fingerprint density at radius 3 is 2.90 bits per heavy atom. The summed E-state index contributed by atoms with van der Waals surface area (Å²) in [6.07, 6.45) is 2.19. The van der Waals surface area contributed by atoms with Crippen LogP contribution in [0.25, 0.3) is 10.2 Å². The molecule has 6 nitrogen and oxygen atoms in total. The number of hydrogen-bond acceptors (Lipinski definition) is 6. The number of carbonyl (C=O) groups excluding carboxylic acids is 2. The summed E-state index contributed by atoms with van der Waals surface area (Å²) in [5.41, 5.74) is 0.690. The molecule has 0 aliphatic heterocycles. The van der Waals surface area contributed by atoms with Gasteiger partial charge in [0.25, 0.3) is 0 Å². The number of anilines is 1. The molecule has 1 heterocycles. The monoisotopic (exact) mass is 306 g/mol. The molecule has 110 valence electrons. The quantitative estimate of drug-likeness (QED) is 0.678. The highest BCUT2D eigenvalue weighted by Gasteiger charge is 2.09. The number of carbonyl (C=O) groups is 2. The Bertz CT molecular complexity index is 693. The number of thiazole rings is 1. The van der Waals surface area contributed by atoms with Crippen molar-refractivity contribution in [1.29, 1.82) is 0 Å². The summed E-state index contributed by atoms with van der Waals surface area (Å²) in [4.78, 5) is 27.1. The molecular weight excluding hydrogens is 292 g/mol. The molecule has 1 aromatic carbocycles. The smallest absolute Gasteiger partial charge is 0.330 e. The number of aromatic nitrogens is 1. The number of ether oxygens (including phenoxy) is 2. The van der Waals surface area contributed by atoms with Gasteiger partial charge in [0, 0.05) is 12.2 Å². The molecule has 2 rings (SSSR count). The molecule has 0 saturated heterocycles. The minimum absolute atomic E-state index is 0.266. The molecule has 0 fully saturated rings. The van der Waals surface area contributed by atoms with Crippen LogP contribution in [0.1, 0.15) is 6.92 Å². The standard InChI is InChI=1S/C14H14N2O4S/c1-3-20-12(18)8-7-11(17)15-14-16-13-9(19-2)5-4-6-10(13)21-14/h4-8H,3H2,1-2H3,(H,15,16,17). The maximum Gasteiger partial charge on any atom is 0.330 e. The molecule has 0 aliphatic carbocycles. The zero-order valence-electron chi connectivity index (χ0n) is 11.6. The number of nitrogens with zero attached hydrogens (tertiary/aromatic N) is 1. The summed E-state index contributed by atoms with van der Waals surface area (Å²) < 4.78 is 10.8. The first kappa shape index (κ1) is 15.0. The Morgan fingerprint density at radius 2 is 2.19 bits per heavy atom. The van der Waals surface area contributed by atoms with Crippen LogP contribution in [0.2, 0.25) is 0 Å². The van der Waals surface area contributed by atoms with Crippen LogP contribution in [0.3, 0.4) is 0 Å². The third-order valence-electron chi connectivity index (χ3n) is 2.49. The summed E-state index contributed by atoms with van der Waals surface area (Å²) in [7, 11) is 1.56. The Morgan fingerprint density at radius 1 is 1.38 bits per heavy atom. The molecule has 21 heavy (non-hydrogen) atoms. The fourth-order valence-corrected chi connectivity index (χ4v) is 2.51. The van der Waals surface area contributed by atoms with Crippen molar-refractivity contribution in [1.82, 2.24) is 4.98 Å². The Balaban J connectivity index is 2.09. The molecule has 7 heteroatoms. The van der Waals surface area contributed by atoms with E-state index >= 15 is 0 Å². The van der Waals surface area contributed by atoms with Crippen LogP contribution in [0.4, 0.5) is 5.13 Å². The van der Waals surface area contributed by atoms with Gasteiger partial charge in [0.05, 0.1) is 18.4 Å². The van der Waals surface area contributed by atoms with E-state index in [1.807, 2.05) is 12.1 Å². The molecule has 2 aromatic rings. The second kappa shape index (κ2) is 6.85. The SMILES string of the molecule is CCOC(=O)C=CC(=O)Nc1nc2c(OC)cccc2s1. The maximum atomic E-state index is 11.7. The molecule has 0 aliphatic rings. The van der Waals surface area contributed by atoms with Crippen LogP contribution in [0.5, 0.6) is 5.75 Å². The highest BCUT2D eigenvalue weighted by molar-refractivity contribution is 7.22. The van der Waals surface area contributed by atoms with E-state index in [0.717, 1.165) is 16.9 Å². The van der Waals surface area contributed by atoms with Crippen molar-refractivity contribution in [2.24, 2.45) is 0 Å². The van der Waals surface area contributed by atoms with Crippen molar-refractivity contribution < 1.29 is 19.1 Å². The first-order valence-electron chi connectivity index (χ1n) is 6.23. The number of amides is 1. The highest BCUT2D eigenvalue weighted by Crippen LogP contribution is 2.31. The number of benzene rings is 1. The molecule has 1 aromatic heterocycles. The first-order valence-corrected chi connectivity index (χ1v) is 7.05. The van der Waals surface area contributed by atoms with Crippen molar-refractivity contribution >= 4 is 38.6 Å². The molecule has 0 spiro atoms. The van der Waals surface area contributed by atoms with Gasteiger partial charge in [-0.3, -0.25) is 10.1 Å². The van der Waals surface area contributed by atoms with Gasteiger partial charge < -0.3 is 9.47 Å². The average molecular weight is 306 g/mol. The van der Waals surface area contributed by atoms with Gasteiger partial charge in [-0.05, 0) is 19.1 Å². The Kier molecular flexibility index (Phi) is 4.89.